The van der Waals surface area contributed by atoms with Crippen LogP contribution >= 0.6 is 23.1 Å². The largest absolute Gasteiger partial charge is 0.481 e. The van der Waals surface area contributed by atoms with Gasteiger partial charge in [0.15, 0.2) is 0 Å². The van der Waals surface area contributed by atoms with Crippen LogP contribution in [0.25, 0.3) is 10.2 Å². The van der Waals surface area contributed by atoms with Crippen molar-refractivity contribution in [1.29, 1.82) is 0 Å². The number of pyridine rings is 1. The fraction of sp³-hybridized carbons (Fsp3) is 0.143. The van der Waals surface area contributed by atoms with Gasteiger partial charge in [0.1, 0.15) is 16.2 Å². The Morgan fingerprint density at radius 2 is 1.93 bits per heavy atom. The maximum Gasteiger partial charge on any atom is 0.256 e. The zero-order valence-corrected chi connectivity index (χ0v) is 17.7. The number of thiophene rings is 1. The summed E-state index contributed by atoms with van der Waals surface area (Å²) in [6.07, 6.45) is 3.14. The molecule has 4 rings (SSSR count). The van der Waals surface area contributed by atoms with Crippen molar-refractivity contribution in [2.45, 2.75) is 23.8 Å². The number of rotatable bonds is 5. The van der Waals surface area contributed by atoms with Gasteiger partial charge in [-0.25, -0.2) is 15.0 Å². The highest BCUT2D eigenvalue weighted by atomic mass is 32.2. The lowest BCUT2D eigenvalue weighted by atomic mass is 10.2. The molecule has 0 atom stereocenters. The minimum Gasteiger partial charge on any atom is -0.481 e. The van der Waals surface area contributed by atoms with E-state index in [1.165, 1.54) is 22.2 Å². The minimum absolute atomic E-state index is 0.205. The van der Waals surface area contributed by atoms with Crippen LogP contribution in [-0.4, -0.2) is 28.0 Å². The highest BCUT2D eigenvalue weighted by Crippen LogP contribution is 2.38. The number of hydrogen-bond donors (Lipinski definition) is 1. The molecular weight excluding hydrogens is 404 g/mol. The van der Waals surface area contributed by atoms with Crippen molar-refractivity contribution in [3.05, 3.63) is 64.9 Å². The standard InChI is InChI=1S/C21H18N4O2S2/c1-12-13(2)28-20-18(12)21(24-11-23-20)29-16-7-5-4-6-15(16)19(26)25-14-8-9-17(27-3)22-10-14/h4-11H,1-3H3,(H,25,26). The predicted molar refractivity (Wildman–Crippen MR) is 116 cm³/mol. The molecular formula is C21H18N4O2S2. The number of methoxy groups -OCH3 is 1. The Morgan fingerprint density at radius 3 is 2.69 bits per heavy atom. The van der Waals surface area contributed by atoms with Gasteiger partial charge in [-0.1, -0.05) is 23.9 Å². The summed E-state index contributed by atoms with van der Waals surface area (Å²) in [5.74, 6) is 0.289. The fourth-order valence-electron chi connectivity index (χ4n) is 2.85. The van der Waals surface area contributed by atoms with E-state index in [9.17, 15) is 4.79 Å². The second-order valence-corrected chi connectivity index (χ2v) is 8.52. The van der Waals surface area contributed by atoms with Gasteiger partial charge in [-0.3, -0.25) is 4.79 Å². The molecule has 29 heavy (non-hydrogen) atoms. The maximum absolute atomic E-state index is 12.9. The van der Waals surface area contributed by atoms with E-state index < -0.39 is 0 Å². The van der Waals surface area contributed by atoms with Gasteiger partial charge in [0.05, 0.1) is 24.6 Å². The van der Waals surface area contributed by atoms with Crippen LogP contribution in [0.2, 0.25) is 0 Å². The fourth-order valence-corrected chi connectivity index (χ4v) is 4.99. The summed E-state index contributed by atoms with van der Waals surface area (Å²) in [5, 5.41) is 4.79. The molecule has 0 fully saturated rings. The zero-order chi connectivity index (χ0) is 20.4. The molecule has 0 bridgehead atoms. The van der Waals surface area contributed by atoms with E-state index in [1.54, 1.807) is 49.2 Å². The summed E-state index contributed by atoms with van der Waals surface area (Å²) in [6.45, 7) is 4.16. The van der Waals surface area contributed by atoms with Crippen LogP contribution in [0.1, 0.15) is 20.8 Å². The third kappa shape index (κ3) is 3.94. The van der Waals surface area contributed by atoms with Gasteiger partial charge in [0, 0.05) is 21.2 Å². The first-order valence-electron chi connectivity index (χ1n) is 8.86. The van der Waals surface area contributed by atoms with Gasteiger partial charge >= 0.3 is 0 Å². The van der Waals surface area contributed by atoms with Crippen LogP contribution in [0.3, 0.4) is 0 Å². The summed E-state index contributed by atoms with van der Waals surface area (Å²) < 4.78 is 5.05. The molecule has 1 aromatic carbocycles. The first-order chi connectivity index (χ1) is 14.1. The number of anilines is 1. The smallest absolute Gasteiger partial charge is 0.256 e. The molecule has 0 saturated heterocycles. The summed E-state index contributed by atoms with van der Waals surface area (Å²) in [4.78, 5) is 28.9. The molecule has 8 heteroatoms. The lowest BCUT2D eigenvalue weighted by Crippen LogP contribution is -2.13. The Morgan fingerprint density at radius 1 is 1.10 bits per heavy atom. The van der Waals surface area contributed by atoms with Crippen molar-refractivity contribution < 1.29 is 9.53 Å². The first kappa shape index (κ1) is 19.4. The lowest BCUT2D eigenvalue weighted by Gasteiger charge is -2.10. The van der Waals surface area contributed by atoms with Gasteiger partial charge in [0.25, 0.3) is 5.91 Å². The van der Waals surface area contributed by atoms with Crippen LogP contribution in [0.4, 0.5) is 5.69 Å². The second-order valence-electron chi connectivity index (χ2n) is 6.28. The number of ether oxygens (including phenoxy) is 1. The van der Waals surface area contributed by atoms with Gasteiger partial charge < -0.3 is 10.1 Å². The predicted octanol–water partition coefficient (Wildman–Crippen LogP) is 5.12. The number of carbonyl (C=O) groups excluding carboxylic acids is 1. The molecule has 0 aliphatic heterocycles. The molecule has 1 N–H and O–H groups in total. The number of aromatic nitrogens is 3. The van der Waals surface area contributed by atoms with Crippen molar-refractivity contribution in [3.63, 3.8) is 0 Å². The van der Waals surface area contributed by atoms with Crippen molar-refractivity contribution in [3.8, 4) is 5.88 Å². The number of nitrogens with zero attached hydrogens (tertiary/aromatic N) is 3. The van der Waals surface area contributed by atoms with Crippen molar-refractivity contribution >= 4 is 44.9 Å². The Kier molecular flexibility index (Phi) is 5.46. The highest BCUT2D eigenvalue weighted by Gasteiger charge is 2.17. The van der Waals surface area contributed by atoms with Crippen molar-refractivity contribution in [1.82, 2.24) is 15.0 Å². The SMILES string of the molecule is COc1ccc(NC(=O)c2ccccc2Sc2ncnc3sc(C)c(C)c23)cn1. The van der Waals surface area contributed by atoms with E-state index in [2.05, 4.69) is 34.1 Å². The third-order valence-electron chi connectivity index (χ3n) is 4.47. The summed E-state index contributed by atoms with van der Waals surface area (Å²) >= 11 is 3.13. The van der Waals surface area contributed by atoms with E-state index in [-0.39, 0.29) is 5.91 Å². The molecule has 1 amide bonds. The van der Waals surface area contributed by atoms with Crippen molar-refractivity contribution in [2.75, 3.05) is 12.4 Å². The molecule has 0 aliphatic rings. The van der Waals surface area contributed by atoms with Crippen LogP contribution in [0.5, 0.6) is 5.88 Å². The topological polar surface area (TPSA) is 77.0 Å². The molecule has 6 nitrogen and oxygen atoms in total. The molecule has 3 heterocycles. The normalized spacial score (nSPS) is 10.9. The van der Waals surface area contributed by atoms with Gasteiger partial charge in [0.2, 0.25) is 5.88 Å². The lowest BCUT2D eigenvalue weighted by molar-refractivity contribution is 0.102. The number of nitrogens with one attached hydrogen (secondary N) is 1. The van der Waals surface area contributed by atoms with Crippen LogP contribution in [0, 0.1) is 13.8 Å². The minimum atomic E-state index is -0.205. The van der Waals surface area contributed by atoms with Crippen molar-refractivity contribution in [2.24, 2.45) is 0 Å². The highest BCUT2D eigenvalue weighted by molar-refractivity contribution is 7.99. The molecule has 0 saturated carbocycles. The molecule has 146 valence electrons. The molecule has 4 aromatic rings. The van der Waals surface area contributed by atoms with E-state index >= 15 is 0 Å². The van der Waals surface area contributed by atoms with Crippen LogP contribution < -0.4 is 10.1 Å². The van der Waals surface area contributed by atoms with Gasteiger partial charge in [-0.15, -0.1) is 11.3 Å². The molecule has 3 aromatic heterocycles. The molecule has 0 aliphatic carbocycles. The quantitative estimate of drug-likeness (QED) is 0.450. The Bertz CT molecular complexity index is 1190. The summed E-state index contributed by atoms with van der Waals surface area (Å²) in [5.41, 5.74) is 2.35. The average Bonchev–Trinajstić information content (AvgIpc) is 3.03. The Labute approximate surface area is 176 Å². The molecule has 0 radical (unpaired) electrons. The number of carbonyl (C=O) groups is 1. The van der Waals surface area contributed by atoms with E-state index in [1.807, 2.05) is 18.2 Å². The van der Waals surface area contributed by atoms with E-state index in [4.69, 9.17) is 4.74 Å². The Balaban J connectivity index is 1.64. The molecule has 0 unspecified atom stereocenters. The van der Waals surface area contributed by atoms with E-state index in [0.717, 1.165) is 20.1 Å². The van der Waals surface area contributed by atoms with Crippen LogP contribution in [-0.2, 0) is 0 Å². The third-order valence-corrected chi connectivity index (χ3v) is 6.67. The van der Waals surface area contributed by atoms with E-state index in [0.29, 0.717) is 17.1 Å². The monoisotopic (exact) mass is 422 g/mol. The number of aryl methyl sites for hydroxylation is 2. The summed E-state index contributed by atoms with van der Waals surface area (Å²) in [6, 6.07) is 11.0. The number of benzene rings is 1. The van der Waals surface area contributed by atoms with Gasteiger partial charge in [-0.05, 0) is 37.6 Å². The number of fused-ring (bicyclic) bond motifs is 1. The number of amides is 1. The maximum atomic E-state index is 12.9. The second kappa shape index (κ2) is 8.18. The number of hydrogen-bond acceptors (Lipinski definition) is 7. The molecule has 0 spiro atoms. The average molecular weight is 423 g/mol. The van der Waals surface area contributed by atoms with Gasteiger partial charge in [-0.2, -0.15) is 0 Å². The Hall–Kier alpha value is -2.97. The van der Waals surface area contributed by atoms with Crippen LogP contribution in [0.15, 0.2) is 58.8 Å². The zero-order valence-electron chi connectivity index (χ0n) is 16.1. The first-order valence-corrected chi connectivity index (χ1v) is 10.5. The summed E-state index contributed by atoms with van der Waals surface area (Å²) in [7, 11) is 1.55.